The summed E-state index contributed by atoms with van der Waals surface area (Å²) in [4.78, 5) is 43.8. The predicted molar refractivity (Wildman–Crippen MR) is 267 cm³/mol. The van der Waals surface area contributed by atoms with E-state index in [9.17, 15) is 9.18 Å². The number of hydrogen-bond donors (Lipinski definition) is 6. The molecular weight excluding hydrogens is 887 g/mol. The Morgan fingerprint density at radius 3 is 1.77 bits per heavy atom. The van der Waals surface area contributed by atoms with Crippen molar-refractivity contribution in [2.24, 2.45) is 5.92 Å². The van der Waals surface area contributed by atoms with Crippen molar-refractivity contribution in [2.75, 3.05) is 87.9 Å². The van der Waals surface area contributed by atoms with E-state index in [0.717, 1.165) is 81.5 Å². The van der Waals surface area contributed by atoms with E-state index in [1.54, 1.807) is 44.1 Å². The summed E-state index contributed by atoms with van der Waals surface area (Å²) in [5, 5.41) is 19.0. The first-order chi connectivity index (χ1) is 32.1. The van der Waals surface area contributed by atoms with Crippen LogP contribution in [0.5, 0.6) is 0 Å². The lowest BCUT2D eigenvalue weighted by Crippen LogP contribution is -2.30. The van der Waals surface area contributed by atoms with Crippen LogP contribution in [-0.4, -0.2) is 122 Å². The number of ether oxygens (including phenoxy) is 2. The number of hydrogen-bond acceptors (Lipinski definition) is 15. The van der Waals surface area contributed by atoms with Crippen molar-refractivity contribution in [1.29, 1.82) is 0 Å². The topological polar surface area (TPSA) is 202 Å². The number of nitrogens with zero attached hydrogens (tertiary/aromatic N) is 6. The zero-order chi connectivity index (χ0) is 48.4. The van der Waals surface area contributed by atoms with Gasteiger partial charge in [0.2, 0.25) is 6.41 Å². The molecule has 16 nitrogen and oxygen atoms in total. The predicted octanol–water partition coefficient (Wildman–Crippen LogP) is 9.15. The lowest BCUT2D eigenvalue weighted by molar-refractivity contribution is -0.105. The maximum atomic E-state index is 12.1. The molecule has 8 rings (SSSR count). The molecule has 1 atom stereocenters. The van der Waals surface area contributed by atoms with E-state index in [0.29, 0.717) is 51.8 Å². The Morgan fingerprint density at radius 2 is 1.32 bits per heavy atom. The third-order valence-corrected chi connectivity index (χ3v) is 10.9. The number of amides is 1. The van der Waals surface area contributed by atoms with E-state index in [4.69, 9.17) is 37.5 Å². The highest BCUT2D eigenvalue weighted by molar-refractivity contribution is 6.33. The van der Waals surface area contributed by atoms with Crippen LogP contribution in [0.4, 0.5) is 27.7 Å². The number of nitrogens with one attached hydrogen (secondary N) is 6. The van der Waals surface area contributed by atoms with Crippen molar-refractivity contribution in [3.8, 4) is 22.5 Å². The summed E-state index contributed by atoms with van der Waals surface area (Å²) >= 11 is 12.3. The lowest BCUT2D eigenvalue weighted by Gasteiger charge is -2.29. The number of halogens is 3. The highest BCUT2D eigenvalue weighted by Crippen LogP contribution is 2.29. The highest BCUT2D eigenvalue weighted by atomic mass is 35.5. The number of carbonyl (C=O) groups excluding carboxylic acids is 2. The van der Waals surface area contributed by atoms with Crippen LogP contribution in [0.2, 0.25) is 10.0 Å². The Bertz CT molecular complexity index is 1890. The molecule has 8 heterocycles. The molecule has 4 aromatic rings. The van der Waals surface area contributed by atoms with Crippen LogP contribution < -0.4 is 31.9 Å². The minimum atomic E-state index is -0.575. The van der Waals surface area contributed by atoms with Crippen molar-refractivity contribution in [1.82, 2.24) is 40.5 Å². The van der Waals surface area contributed by atoms with Gasteiger partial charge in [-0.25, -0.2) is 24.3 Å². The molecule has 0 spiro atoms. The number of aromatic nitrogens is 6. The van der Waals surface area contributed by atoms with Crippen molar-refractivity contribution in [3.63, 3.8) is 0 Å². The Hall–Kier alpha value is -4.65. The summed E-state index contributed by atoms with van der Waals surface area (Å²) in [7, 11) is 3.57. The minimum Gasteiger partial charge on any atom is -0.381 e. The summed E-state index contributed by atoms with van der Waals surface area (Å²) < 4.78 is 23.0. The number of piperidine rings is 2. The summed E-state index contributed by atoms with van der Waals surface area (Å²) in [5.41, 5.74) is 2.97. The second-order valence-corrected chi connectivity index (χ2v) is 16.5. The van der Waals surface area contributed by atoms with E-state index >= 15 is 0 Å². The Kier molecular flexibility index (Phi) is 30.2. The normalized spacial score (nSPS) is 17.3. The second kappa shape index (κ2) is 34.6. The monoisotopic (exact) mass is 959 g/mol. The summed E-state index contributed by atoms with van der Waals surface area (Å²) in [6.45, 7) is 17.9. The minimum absolute atomic E-state index is 0.179. The van der Waals surface area contributed by atoms with Crippen LogP contribution in [-0.2, 0) is 19.1 Å². The third-order valence-electron chi connectivity index (χ3n) is 10.3. The zero-order valence-electron chi connectivity index (χ0n) is 39.7. The van der Waals surface area contributed by atoms with Crippen LogP contribution in [0.1, 0.15) is 91.9 Å². The lowest BCUT2D eigenvalue weighted by atomic mass is 9.99. The fraction of sp³-hybridized carbons (Fsp3) is 0.574. The maximum Gasteiger partial charge on any atom is 0.212 e. The van der Waals surface area contributed by atoms with E-state index in [2.05, 4.69) is 75.7 Å². The second-order valence-electron chi connectivity index (χ2n) is 15.7. The average molecular weight is 960 g/mol. The Labute approximate surface area is 401 Å². The van der Waals surface area contributed by atoms with Gasteiger partial charge in [0, 0.05) is 70.5 Å². The first kappa shape index (κ1) is 57.5. The number of rotatable bonds is 9. The highest BCUT2D eigenvalue weighted by Gasteiger charge is 2.21. The molecular formula is C47H73Cl2FN12O4. The molecule has 0 radical (unpaired) electrons. The molecule has 1 unspecified atom stereocenters. The Balaban J connectivity index is 0.000000305. The van der Waals surface area contributed by atoms with Gasteiger partial charge in [0.1, 0.15) is 36.2 Å². The molecule has 0 aromatic carbocycles. The van der Waals surface area contributed by atoms with Crippen LogP contribution >= 0.6 is 23.2 Å². The molecule has 366 valence electrons. The maximum absolute atomic E-state index is 12.1. The van der Waals surface area contributed by atoms with Crippen LogP contribution in [0.15, 0.2) is 49.3 Å². The molecule has 4 fully saturated rings. The molecule has 4 aromatic heterocycles. The number of alkyl halides is 1. The van der Waals surface area contributed by atoms with Crippen LogP contribution in [0.3, 0.4) is 0 Å². The smallest absolute Gasteiger partial charge is 0.212 e. The molecule has 0 saturated carbocycles. The fourth-order valence-electron chi connectivity index (χ4n) is 6.63. The molecule has 6 N–H and O–H groups in total. The SMILES string of the molecule is C1CCNCC1.C=O.CC.CC1(C)CCCCO1.CNc1cc(-c2cncc(NCC3CCOCC3)n2)c(Cl)cn1.CNc1cncc(-c2cc(NC=O)ncc2Cl)n1.FC1CCCNC1. The molecule has 19 heteroatoms. The standard InChI is InChI=1S/C16H20ClN5O.C11H10ClN5O.C7H14O.C5H10FN.C5H11N.C2H6.CH2O/c1-18-15-6-12(13(17)8-21-15)14-9-19-10-16(22-14)20-7-11-2-4-23-5-3-11;1-13-11-5-14-4-9(17-11)7-2-10(16-6-18)15-3-8(7)12;1-7(2)5-3-4-6-8-7;6-5-2-1-3-7-4-5;1-2-4-6-5-3-1;2*1-2/h6,8-11H,2-5,7H2,1H3,(H,18,21)(H,20,22);2-6H,1H3,(H,13,17)(H,15,16,18);3-6H2,1-2H3;5,7H,1-4H2;6H,1-5H2;1-2H3;1H2. The van der Waals surface area contributed by atoms with Crippen LogP contribution in [0, 0.1) is 5.92 Å². The van der Waals surface area contributed by atoms with Gasteiger partial charge < -0.3 is 46.2 Å². The average Bonchev–Trinajstić information content (AvgIpc) is 3.37. The van der Waals surface area contributed by atoms with Gasteiger partial charge >= 0.3 is 0 Å². The summed E-state index contributed by atoms with van der Waals surface area (Å²) in [6, 6.07) is 3.51. The van der Waals surface area contributed by atoms with E-state index in [1.807, 2.05) is 33.8 Å². The molecule has 0 aliphatic carbocycles. The molecule has 4 aliphatic rings. The van der Waals surface area contributed by atoms with Gasteiger partial charge in [0.15, 0.2) is 0 Å². The number of pyridine rings is 2. The first-order valence-electron chi connectivity index (χ1n) is 22.9. The van der Waals surface area contributed by atoms with E-state index < -0.39 is 6.17 Å². The molecule has 4 aliphatic heterocycles. The van der Waals surface area contributed by atoms with E-state index in [1.165, 1.54) is 57.8 Å². The molecule has 1 amide bonds. The van der Waals surface area contributed by atoms with E-state index in [-0.39, 0.29) is 5.60 Å². The van der Waals surface area contributed by atoms with Crippen LogP contribution in [0.25, 0.3) is 22.5 Å². The third kappa shape index (κ3) is 23.2. The quantitative estimate of drug-likeness (QED) is 0.0867. The molecule has 0 bridgehead atoms. The summed E-state index contributed by atoms with van der Waals surface area (Å²) in [5.74, 6) is 3.15. The molecule has 4 saturated heterocycles. The number of carbonyl (C=O) groups is 2. The largest absolute Gasteiger partial charge is 0.381 e. The van der Waals surface area contributed by atoms with Crippen molar-refractivity contribution >= 4 is 59.7 Å². The number of anilines is 4. The van der Waals surface area contributed by atoms with Gasteiger partial charge in [-0.05, 0) is 109 Å². The van der Waals surface area contributed by atoms with Crippen molar-refractivity contribution in [3.05, 3.63) is 59.4 Å². The zero-order valence-corrected chi connectivity index (χ0v) is 41.2. The van der Waals surface area contributed by atoms with Gasteiger partial charge in [-0.3, -0.25) is 14.8 Å². The van der Waals surface area contributed by atoms with Gasteiger partial charge in [0.25, 0.3) is 0 Å². The fourth-order valence-corrected chi connectivity index (χ4v) is 7.03. The van der Waals surface area contributed by atoms with Crippen molar-refractivity contribution < 1.29 is 23.5 Å². The Morgan fingerprint density at radius 1 is 0.742 bits per heavy atom. The summed E-state index contributed by atoms with van der Waals surface area (Å²) in [6.07, 6.45) is 21.6. The molecule has 66 heavy (non-hydrogen) atoms. The van der Waals surface area contributed by atoms with Gasteiger partial charge in [-0.1, -0.05) is 43.5 Å². The van der Waals surface area contributed by atoms with Gasteiger partial charge in [0.05, 0.1) is 51.8 Å². The van der Waals surface area contributed by atoms with Crippen molar-refractivity contribution in [2.45, 2.75) is 104 Å². The first-order valence-corrected chi connectivity index (χ1v) is 23.7. The van der Waals surface area contributed by atoms with Gasteiger partial charge in [-0.15, -0.1) is 0 Å². The van der Waals surface area contributed by atoms with Gasteiger partial charge in [-0.2, -0.15) is 0 Å².